The maximum Gasteiger partial charge on any atom is 0.240 e. The number of carbonyl (C=O) groups excluding carboxylic acids is 1. The molecule has 0 aliphatic carbocycles. The summed E-state index contributed by atoms with van der Waals surface area (Å²) < 4.78 is 7.86. The van der Waals surface area contributed by atoms with E-state index in [0.717, 1.165) is 29.7 Å². The lowest BCUT2D eigenvalue weighted by molar-refractivity contribution is -0.560. The summed E-state index contributed by atoms with van der Waals surface area (Å²) in [7, 11) is 0. The summed E-state index contributed by atoms with van der Waals surface area (Å²) >= 11 is 0. The molecular formula is C19H20N3O2+. The Morgan fingerprint density at radius 2 is 2.08 bits per heavy atom. The van der Waals surface area contributed by atoms with Gasteiger partial charge in [0.05, 0.1) is 18.2 Å². The molecule has 0 unspecified atom stereocenters. The molecule has 0 saturated carbocycles. The molecule has 0 radical (unpaired) electrons. The van der Waals surface area contributed by atoms with Gasteiger partial charge in [-0.15, -0.1) is 0 Å². The lowest BCUT2D eigenvalue weighted by Gasteiger charge is -2.11. The van der Waals surface area contributed by atoms with Crippen molar-refractivity contribution in [3.8, 4) is 5.75 Å². The minimum Gasteiger partial charge on any atom is -0.488 e. The van der Waals surface area contributed by atoms with E-state index in [2.05, 4.69) is 23.9 Å². The fourth-order valence-corrected chi connectivity index (χ4v) is 2.71. The largest absolute Gasteiger partial charge is 0.488 e. The minimum absolute atomic E-state index is 0.269. The van der Waals surface area contributed by atoms with Crippen LogP contribution in [0.15, 0.2) is 47.7 Å². The van der Waals surface area contributed by atoms with Crippen molar-refractivity contribution in [2.75, 3.05) is 0 Å². The predicted molar refractivity (Wildman–Crippen MR) is 93.0 cm³/mol. The zero-order chi connectivity index (χ0) is 16.9. The van der Waals surface area contributed by atoms with Crippen molar-refractivity contribution in [2.24, 2.45) is 5.10 Å². The topological polar surface area (TPSA) is 54.6 Å². The number of rotatable bonds is 6. The van der Waals surface area contributed by atoms with E-state index in [4.69, 9.17) is 4.74 Å². The maximum absolute atomic E-state index is 11.1. The first-order valence-corrected chi connectivity index (χ1v) is 7.99. The van der Waals surface area contributed by atoms with Gasteiger partial charge in [-0.2, -0.15) is 0 Å². The molecule has 122 valence electrons. The Balaban J connectivity index is 1.88. The Morgan fingerprint density at radius 1 is 1.25 bits per heavy atom. The van der Waals surface area contributed by atoms with Crippen molar-refractivity contribution in [2.45, 2.75) is 32.9 Å². The van der Waals surface area contributed by atoms with Crippen LogP contribution in [0.1, 0.15) is 41.9 Å². The third-order valence-corrected chi connectivity index (χ3v) is 3.85. The molecular weight excluding hydrogens is 302 g/mol. The first-order chi connectivity index (χ1) is 11.7. The molecule has 0 saturated heterocycles. The summed E-state index contributed by atoms with van der Waals surface area (Å²) in [5.74, 6) is 0.579. The highest BCUT2D eigenvalue weighted by Crippen LogP contribution is 2.19. The molecule has 2 heterocycles. The van der Waals surface area contributed by atoms with E-state index in [1.54, 1.807) is 18.3 Å². The molecule has 1 aliphatic heterocycles. The molecule has 5 nitrogen and oxygen atoms in total. The Hall–Kier alpha value is -2.82. The highest BCUT2D eigenvalue weighted by Gasteiger charge is 2.27. The highest BCUT2D eigenvalue weighted by molar-refractivity contribution is 6.05. The SMILES string of the molecule is CC(C)[N+]1=C(c2ncccc2COc2ccccc2C=O)CC=N1. The Bertz CT molecular complexity index is 810. The Kier molecular flexibility index (Phi) is 4.79. The molecule has 0 amide bonds. The smallest absolute Gasteiger partial charge is 0.240 e. The van der Waals surface area contributed by atoms with Crippen molar-refractivity contribution in [3.05, 3.63) is 59.4 Å². The Morgan fingerprint density at radius 3 is 2.88 bits per heavy atom. The number of hydrazone groups is 1. The molecule has 5 heteroatoms. The van der Waals surface area contributed by atoms with Gasteiger partial charge >= 0.3 is 0 Å². The summed E-state index contributed by atoms with van der Waals surface area (Å²) in [4.78, 5) is 15.7. The first-order valence-electron chi connectivity index (χ1n) is 7.99. The van der Waals surface area contributed by atoms with Gasteiger partial charge in [0, 0.05) is 11.8 Å². The van der Waals surface area contributed by atoms with E-state index in [1.807, 2.05) is 35.2 Å². The highest BCUT2D eigenvalue weighted by atomic mass is 16.5. The van der Waals surface area contributed by atoms with Gasteiger partial charge in [-0.05, 0) is 37.1 Å². The normalized spacial score (nSPS) is 13.6. The average molecular weight is 322 g/mol. The van der Waals surface area contributed by atoms with Gasteiger partial charge < -0.3 is 4.74 Å². The van der Waals surface area contributed by atoms with Crippen LogP contribution in [0.4, 0.5) is 0 Å². The maximum atomic E-state index is 11.1. The summed E-state index contributed by atoms with van der Waals surface area (Å²) in [6.45, 7) is 4.55. The van der Waals surface area contributed by atoms with Crippen molar-refractivity contribution in [1.29, 1.82) is 0 Å². The average Bonchev–Trinajstić information content (AvgIpc) is 3.10. The number of hydrogen-bond donors (Lipinski definition) is 0. The predicted octanol–water partition coefficient (Wildman–Crippen LogP) is 3.07. The summed E-state index contributed by atoms with van der Waals surface area (Å²) in [6, 6.07) is 11.4. The van der Waals surface area contributed by atoms with Gasteiger partial charge in [-0.25, -0.2) is 4.98 Å². The van der Waals surface area contributed by atoms with E-state index in [-0.39, 0.29) is 6.04 Å². The number of pyridine rings is 1. The number of aromatic nitrogens is 1. The van der Waals surface area contributed by atoms with Crippen LogP contribution in [0.3, 0.4) is 0 Å². The lowest BCUT2D eigenvalue weighted by Crippen LogP contribution is -2.22. The molecule has 1 aliphatic rings. The number of aldehydes is 1. The fraction of sp³-hybridized carbons (Fsp3) is 0.263. The van der Waals surface area contributed by atoms with Crippen molar-refractivity contribution in [1.82, 2.24) is 4.98 Å². The third kappa shape index (κ3) is 3.25. The van der Waals surface area contributed by atoms with E-state index in [0.29, 0.717) is 17.9 Å². The van der Waals surface area contributed by atoms with Crippen LogP contribution in [0, 0.1) is 0 Å². The minimum atomic E-state index is 0.269. The van der Waals surface area contributed by atoms with Crippen molar-refractivity contribution in [3.63, 3.8) is 0 Å². The monoisotopic (exact) mass is 322 g/mol. The molecule has 0 N–H and O–H groups in total. The second-order valence-corrected chi connectivity index (χ2v) is 5.84. The molecule has 0 spiro atoms. The van der Waals surface area contributed by atoms with E-state index in [9.17, 15) is 4.79 Å². The molecule has 0 bridgehead atoms. The van der Waals surface area contributed by atoms with Crippen LogP contribution < -0.4 is 4.74 Å². The van der Waals surface area contributed by atoms with Crippen LogP contribution in [-0.2, 0) is 6.61 Å². The number of benzene rings is 1. The number of nitrogens with zero attached hydrogens (tertiary/aromatic N) is 3. The molecule has 3 rings (SSSR count). The third-order valence-electron chi connectivity index (χ3n) is 3.85. The zero-order valence-corrected chi connectivity index (χ0v) is 13.8. The van der Waals surface area contributed by atoms with E-state index in [1.165, 1.54) is 0 Å². The van der Waals surface area contributed by atoms with Gasteiger partial charge in [0.15, 0.2) is 12.3 Å². The second-order valence-electron chi connectivity index (χ2n) is 5.84. The van der Waals surface area contributed by atoms with Gasteiger partial charge in [0.1, 0.15) is 18.1 Å². The molecule has 1 aromatic heterocycles. The number of carbonyl (C=O) groups is 1. The van der Waals surface area contributed by atoms with Crippen LogP contribution >= 0.6 is 0 Å². The van der Waals surface area contributed by atoms with Crippen LogP contribution in [0.5, 0.6) is 5.75 Å². The summed E-state index contributed by atoms with van der Waals surface area (Å²) in [5.41, 5.74) is 3.49. The fourth-order valence-electron chi connectivity index (χ4n) is 2.71. The quantitative estimate of drug-likeness (QED) is 0.607. The first kappa shape index (κ1) is 16.1. The molecule has 24 heavy (non-hydrogen) atoms. The number of hydrogen-bond acceptors (Lipinski definition) is 4. The number of para-hydroxylation sites is 1. The number of ether oxygens (including phenoxy) is 1. The van der Waals surface area contributed by atoms with Crippen molar-refractivity contribution >= 4 is 18.2 Å². The standard InChI is InChI=1S/C19H20N3O2/c1-14(2)22-17(9-11-21-22)19-16(7-5-10-20-19)13-24-18-8-4-3-6-15(18)12-23/h3-8,10-12,14H,9,13H2,1-2H3/q+1. The second kappa shape index (κ2) is 7.17. The lowest BCUT2D eigenvalue weighted by atomic mass is 10.1. The van der Waals surface area contributed by atoms with E-state index >= 15 is 0 Å². The molecule has 2 aromatic rings. The van der Waals surface area contributed by atoms with Crippen LogP contribution in [-0.4, -0.2) is 33.9 Å². The summed E-state index contributed by atoms with van der Waals surface area (Å²) in [5, 5.41) is 4.42. The van der Waals surface area contributed by atoms with Crippen molar-refractivity contribution < 1.29 is 14.2 Å². The molecule has 0 fully saturated rings. The molecule has 1 aromatic carbocycles. The Labute approximate surface area is 141 Å². The van der Waals surface area contributed by atoms with Gasteiger partial charge in [0.25, 0.3) is 0 Å². The van der Waals surface area contributed by atoms with E-state index < -0.39 is 0 Å². The zero-order valence-electron chi connectivity index (χ0n) is 13.8. The van der Waals surface area contributed by atoms with Crippen LogP contribution in [0.25, 0.3) is 0 Å². The molecule has 0 atom stereocenters. The van der Waals surface area contributed by atoms with Gasteiger partial charge in [0.2, 0.25) is 5.71 Å². The van der Waals surface area contributed by atoms with Gasteiger partial charge in [-0.1, -0.05) is 22.9 Å². The van der Waals surface area contributed by atoms with Gasteiger partial charge in [-0.3, -0.25) is 4.79 Å². The summed E-state index contributed by atoms with van der Waals surface area (Å²) in [6.07, 6.45) is 5.24. The van der Waals surface area contributed by atoms with Crippen LogP contribution in [0.2, 0.25) is 0 Å².